The lowest BCUT2D eigenvalue weighted by atomic mass is 10.1. The van der Waals surface area contributed by atoms with Gasteiger partial charge < -0.3 is 14.8 Å². The Bertz CT molecular complexity index is 660. The van der Waals surface area contributed by atoms with Gasteiger partial charge in [-0.1, -0.05) is 6.07 Å². The molecule has 1 aromatic heterocycles. The highest BCUT2D eigenvalue weighted by Gasteiger charge is 2.15. The standard InChI is InChI=1S/C15H14N2O2S/c1-10(17-7-13-4-11(6-16)8-20-13)12-2-3-14-15(5-12)19-9-18-14/h2-5,8,10,17H,7,9H2,1H3. The van der Waals surface area contributed by atoms with Gasteiger partial charge in [0.2, 0.25) is 6.79 Å². The maximum Gasteiger partial charge on any atom is 0.231 e. The second kappa shape index (κ2) is 5.53. The fraction of sp³-hybridized carbons (Fsp3) is 0.267. The summed E-state index contributed by atoms with van der Waals surface area (Å²) in [4.78, 5) is 1.16. The van der Waals surface area contributed by atoms with Gasteiger partial charge in [0.1, 0.15) is 6.07 Å². The van der Waals surface area contributed by atoms with E-state index in [2.05, 4.69) is 18.3 Å². The number of nitrogens with one attached hydrogen (secondary N) is 1. The molecule has 20 heavy (non-hydrogen) atoms. The van der Waals surface area contributed by atoms with Crippen LogP contribution in [-0.2, 0) is 6.54 Å². The van der Waals surface area contributed by atoms with Gasteiger partial charge in [-0.25, -0.2) is 0 Å². The first-order valence-corrected chi connectivity index (χ1v) is 7.24. The molecule has 0 radical (unpaired) electrons. The molecule has 1 aliphatic rings. The summed E-state index contributed by atoms with van der Waals surface area (Å²) in [6, 6.07) is 10.3. The van der Waals surface area contributed by atoms with Crippen molar-refractivity contribution in [2.75, 3.05) is 6.79 Å². The van der Waals surface area contributed by atoms with Crippen molar-refractivity contribution in [2.24, 2.45) is 0 Å². The van der Waals surface area contributed by atoms with Gasteiger partial charge in [0, 0.05) is 22.8 Å². The Morgan fingerprint density at radius 2 is 2.20 bits per heavy atom. The van der Waals surface area contributed by atoms with Crippen LogP contribution in [0, 0.1) is 11.3 Å². The molecule has 0 saturated carbocycles. The molecule has 2 heterocycles. The summed E-state index contributed by atoms with van der Waals surface area (Å²) in [6.45, 7) is 3.16. The van der Waals surface area contributed by atoms with E-state index in [-0.39, 0.29) is 6.04 Å². The van der Waals surface area contributed by atoms with E-state index in [0.717, 1.165) is 34.0 Å². The van der Waals surface area contributed by atoms with Gasteiger partial charge in [-0.3, -0.25) is 0 Å². The average Bonchev–Trinajstić information content (AvgIpc) is 3.12. The number of fused-ring (bicyclic) bond motifs is 1. The minimum atomic E-state index is 0.206. The third-order valence-corrected chi connectivity index (χ3v) is 4.20. The summed E-state index contributed by atoms with van der Waals surface area (Å²) >= 11 is 1.60. The predicted octanol–water partition coefficient (Wildman–Crippen LogP) is 3.20. The zero-order chi connectivity index (χ0) is 13.9. The molecule has 0 fully saturated rings. The van der Waals surface area contributed by atoms with Crippen LogP contribution in [0.4, 0.5) is 0 Å². The molecule has 0 amide bonds. The van der Waals surface area contributed by atoms with E-state index >= 15 is 0 Å². The number of nitriles is 1. The molecule has 0 bridgehead atoms. The van der Waals surface area contributed by atoms with Crippen LogP contribution in [0.3, 0.4) is 0 Å². The lowest BCUT2D eigenvalue weighted by Gasteiger charge is -2.14. The maximum absolute atomic E-state index is 8.81. The Morgan fingerprint density at radius 1 is 1.35 bits per heavy atom. The van der Waals surface area contributed by atoms with Gasteiger partial charge in [0.25, 0.3) is 0 Å². The van der Waals surface area contributed by atoms with Crippen molar-refractivity contribution in [3.63, 3.8) is 0 Å². The minimum absolute atomic E-state index is 0.206. The number of hydrogen-bond donors (Lipinski definition) is 1. The maximum atomic E-state index is 8.81. The molecular formula is C15H14N2O2S. The van der Waals surface area contributed by atoms with Crippen LogP contribution in [0.1, 0.15) is 29.0 Å². The number of benzene rings is 1. The van der Waals surface area contributed by atoms with Gasteiger partial charge in [-0.05, 0) is 30.7 Å². The van der Waals surface area contributed by atoms with Crippen LogP contribution in [0.15, 0.2) is 29.6 Å². The monoisotopic (exact) mass is 286 g/mol. The number of hydrogen-bond acceptors (Lipinski definition) is 5. The topological polar surface area (TPSA) is 54.3 Å². The van der Waals surface area contributed by atoms with E-state index in [1.807, 2.05) is 29.6 Å². The fourth-order valence-corrected chi connectivity index (χ4v) is 2.85. The van der Waals surface area contributed by atoms with E-state index in [0.29, 0.717) is 6.79 Å². The Hall–Kier alpha value is -2.03. The lowest BCUT2D eigenvalue weighted by Crippen LogP contribution is -2.17. The van der Waals surface area contributed by atoms with Crippen LogP contribution in [0.2, 0.25) is 0 Å². The second-order valence-corrected chi connectivity index (χ2v) is 5.62. The summed E-state index contributed by atoms with van der Waals surface area (Å²) in [6.07, 6.45) is 0. The van der Waals surface area contributed by atoms with Crippen molar-refractivity contribution >= 4 is 11.3 Å². The molecule has 5 heteroatoms. The predicted molar refractivity (Wildman–Crippen MR) is 76.9 cm³/mol. The summed E-state index contributed by atoms with van der Waals surface area (Å²) in [7, 11) is 0. The quantitative estimate of drug-likeness (QED) is 0.937. The van der Waals surface area contributed by atoms with Crippen LogP contribution in [0.5, 0.6) is 11.5 Å². The number of rotatable bonds is 4. The molecule has 1 N–H and O–H groups in total. The van der Waals surface area contributed by atoms with Crippen LogP contribution < -0.4 is 14.8 Å². The van der Waals surface area contributed by atoms with E-state index in [1.165, 1.54) is 0 Å². The second-order valence-electron chi connectivity index (χ2n) is 4.63. The van der Waals surface area contributed by atoms with E-state index in [9.17, 15) is 0 Å². The number of nitrogens with zero attached hydrogens (tertiary/aromatic N) is 1. The van der Waals surface area contributed by atoms with Gasteiger partial charge in [-0.2, -0.15) is 5.26 Å². The fourth-order valence-electron chi connectivity index (χ4n) is 2.09. The molecule has 1 aromatic carbocycles. The first-order valence-electron chi connectivity index (χ1n) is 6.36. The molecular weight excluding hydrogens is 272 g/mol. The van der Waals surface area contributed by atoms with Crippen molar-refractivity contribution in [3.8, 4) is 17.6 Å². The zero-order valence-corrected chi connectivity index (χ0v) is 11.9. The summed E-state index contributed by atoms with van der Waals surface area (Å²) in [5.74, 6) is 1.61. The first-order chi connectivity index (χ1) is 9.76. The smallest absolute Gasteiger partial charge is 0.231 e. The molecule has 1 unspecified atom stereocenters. The average molecular weight is 286 g/mol. The Labute approximate surface area is 121 Å². The molecule has 4 nitrogen and oxygen atoms in total. The SMILES string of the molecule is CC(NCc1cc(C#N)cs1)c1ccc2c(c1)OCO2. The Balaban J connectivity index is 1.64. The Morgan fingerprint density at radius 3 is 3.00 bits per heavy atom. The highest BCUT2D eigenvalue weighted by atomic mass is 32.1. The molecule has 0 aliphatic carbocycles. The van der Waals surface area contributed by atoms with E-state index < -0.39 is 0 Å². The van der Waals surface area contributed by atoms with Crippen molar-refractivity contribution < 1.29 is 9.47 Å². The molecule has 3 rings (SSSR count). The van der Waals surface area contributed by atoms with Crippen molar-refractivity contribution in [1.82, 2.24) is 5.32 Å². The molecule has 0 spiro atoms. The summed E-state index contributed by atoms with van der Waals surface area (Å²) in [5.41, 5.74) is 1.88. The van der Waals surface area contributed by atoms with Crippen molar-refractivity contribution in [2.45, 2.75) is 19.5 Å². The highest BCUT2D eigenvalue weighted by molar-refractivity contribution is 7.10. The third-order valence-electron chi connectivity index (χ3n) is 3.26. The van der Waals surface area contributed by atoms with Gasteiger partial charge in [-0.15, -0.1) is 11.3 Å². The van der Waals surface area contributed by atoms with Crippen LogP contribution in [0.25, 0.3) is 0 Å². The molecule has 1 aliphatic heterocycles. The molecule has 1 atom stereocenters. The van der Waals surface area contributed by atoms with Gasteiger partial charge >= 0.3 is 0 Å². The highest BCUT2D eigenvalue weighted by Crippen LogP contribution is 2.34. The van der Waals surface area contributed by atoms with Crippen molar-refractivity contribution in [1.29, 1.82) is 5.26 Å². The molecule has 2 aromatic rings. The Kier molecular flexibility index (Phi) is 3.59. The third kappa shape index (κ3) is 2.62. The molecule has 102 valence electrons. The van der Waals surface area contributed by atoms with E-state index in [4.69, 9.17) is 14.7 Å². The largest absolute Gasteiger partial charge is 0.454 e. The van der Waals surface area contributed by atoms with Crippen molar-refractivity contribution in [3.05, 3.63) is 45.6 Å². The van der Waals surface area contributed by atoms with Crippen LogP contribution >= 0.6 is 11.3 Å². The summed E-state index contributed by atoms with van der Waals surface area (Å²) < 4.78 is 10.7. The summed E-state index contributed by atoms with van der Waals surface area (Å²) in [5, 5.41) is 14.1. The number of thiophene rings is 1. The minimum Gasteiger partial charge on any atom is -0.454 e. The lowest BCUT2D eigenvalue weighted by molar-refractivity contribution is 0.174. The zero-order valence-electron chi connectivity index (χ0n) is 11.1. The van der Waals surface area contributed by atoms with Crippen LogP contribution in [-0.4, -0.2) is 6.79 Å². The first kappa shape index (κ1) is 13.0. The number of ether oxygens (including phenoxy) is 2. The van der Waals surface area contributed by atoms with Gasteiger partial charge in [0.15, 0.2) is 11.5 Å². The van der Waals surface area contributed by atoms with Gasteiger partial charge in [0.05, 0.1) is 5.56 Å². The normalized spacial score (nSPS) is 14.0. The van der Waals surface area contributed by atoms with E-state index in [1.54, 1.807) is 11.3 Å². The molecule has 0 saturated heterocycles.